The summed E-state index contributed by atoms with van der Waals surface area (Å²) in [5, 5.41) is 0. The molecule has 1 aromatic heterocycles. The van der Waals surface area contributed by atoms with Crippen LogP contribution in [0.3, 0.4) is 0 Å². The minimum atomic E-state index is 0.0155. The first kappa shape index (κ1) is 15.5. The molecule has 2 heterocycles. The summed E-state index contributed by atoms with van der Waals surface area (Å²) in [6.45, 7) is 1.88. The summed E-state index contributed by atoms with van der Waals surface area (Å²) in [7, 11) is 0. The van der Waals surface area contributed by atoms with Crippen LogP contribution in [0.25, 0.3) is 0 Å². The maximum atomic E-state index is 12.2. The first-order chi connectivity index (χ1) is 11.3. The average molecular weight is 312 g/mol. The van der Waals surface area contributed by atoms with Crippen molar-refractivity contribution in [2.45, 2.75) is 19.1 Å². The summed E-state index contributed by atoms with van der Waals surface area (Å²) in [5.74, 6) is 0.807. The van der Waals surface area contributed by atoms with E-state index in [9.17, 15) is 4.79 Å². The van der Waals surface area contributed by atoms with Gasteiger partial charge in [-0.1, -0.05) is 30.3 Å². The first-order valence-corrected chi connectivity index (χ1v) is 7.77. The molecule has 5 nitrogen and oxygen atoms in total. The van der Waals surface area contributed by atoms with Crippen molar-refractivity contribution in [3.63, 3.8) is 0 Å². The second-order valence-electron chi connectivity index (χ2n) is 5.53. The molecule has 1 amide bonds. The van der Waals surface area contributed by atoms with Crippen LogP contribution in [-0.2, 0) is 16.1 Å². The summed E-state index contributed by atoms with van der Waals surface area (Å²) in [4.78, 5) is 17.9. The number of pyridine rings is 1. The Morgan fingerprint density at radius 3 is 2.74 bits per heavy atom. The number of ether oxygens (including phenoxy) is 2. The number of hydrogen-bond acceptors (Lipinski definition) is 4. The molecule has 1 atom stereocenters. The molecule has 5 heteroatoms. The van der Waals surface area contributed by atoms with E-state index < -0.39 is 0 Å². The Labute approximate surface area is 135 Å². The van der Waals surface area contributed by atoms with Crippen LogP contribution in [0.1, 0.15) is 12.0 Å². The zero-order valence-electron chi connectivity index (χ0n) is 12.9. The van der Waals surface area contributed by atoms with E-state index in [1.807, 2.05) is 42.5 Å². The van der Waals surface area contributed by atoms with Crippen LogP contribution < -0.4 is 4.74 Å². The van der Waals surface area contributed by atoms with Crippen LogP contribution in [0, 0.1) is 0 Å². The summed E-state index contributed by atoms with van der Waals surface area (Å²) >= 11 is 0. The van der Waals surface area contributed by atoms with Crippen molar-refractivity contribution >= 4 is 5.91 Å². The maximum Gasteiger partial charge on any atom is 0.248 e. The largest absolute Gasteiger partial charge is 0.488 e. The molecular weight excluding hydrogens is 292 g/mol. The highest BCUT2D eigenvalue weighted by atomic mass is 16.5. The highest BCUT2D eigenvalue weighted by molar-refractivity contribution is 5.77. The summed E-state index contributed by atoms with van der Waals surface area (Å²) in [6, 6.07) is 13.5. The minimum Gasteiger partial charge on any atom is -0.488 e. The molecule has 0 radical (unpaired) electrons. The summed E-state index contributed by atoms with van der Waals surface area (Å²) < 4.78 is 11.4. The van der Waals surface area contributed by atoms with Crippen LogP contribution in [0.4, 0.5) is 0 Å². The van der Waals surface area contributed by atoms with E-state index in [1.54, 1.807) is 17.3 Å². The van der Waals surface area contributed by atoms with Gasteiger partial charge in [0.15, 0.2) is 0 Å². The van der Waals surface area contributed by atoms with E-state index in [4.69, 9.17) is 9.47 Å². The van der Waals surface area contributed by atoms with Crippen molar-refractivity contribution < 1.29 is 14.3 Å². The van der Waals surface area contributed by atoms with Gasteiger partial charge < -0.3 is 14.4 Å². The predicted octanol–water partition coefficient (Wildman–Crippen LogP) is 2.28. The van der Waals surface area contributed by atoms with Crippen LogP contribution in [0.5, 0.6) is 5.75 Å². The van der Waals surface area contributed by atoms with E-state index in [1.165, 1.54) is 0 Å². The molecule has 0 N–H and O–H groups in total. The second kappa shape index (κ2) is 7.74. The molecule has 1 aliphatic rings. The van der Waals surface area contributed by atoms with E-state index >= 15 is 0 Å². The Morgan fingerprint density at radius 2 is 1.96 bits per heavy atom. The molecule has 0 spiro atoms. The van der Waals surface area contributed by atoms with Gasteiger partial charge in [0.05, 0.1) is 13.2 Å². The molecular formula is C18H20N2O3. The highest BCUT2D eigenvalue weighted by Gasteiger charge is 2.27. The molecule has 0 bridgehead atoms. The number of rotatable bonds is 6. The van der Waals surface area contributed by atoms with Crippen molar-refractivity contribution in [3.8, 4) is 5.75 Å². The smallest absolute Gasteiger partial charge is 0.248 e. The van der Waals surface area contributed by atoms with Crippen LogP contribution >= 0.6 is 0 Å². The fourth-order valence-electron chi connectivity index (χ4n) is 2.58. The molecule has 1 fully saturated rings. The van der Waals surface area contributed by atoms with Gasteiger partial charge in [0, 0.05) is 25.4 Å². The van der Waals surface area contributed by atoms with Crippen LogP contribution in [0.2, 0.25) is 0 Å². The number of hydrogen-bond donors (Lipinski definition) is 0. The SMILES string of the molecule is O=C(COCc1ccccc1)N1CCC(Oc2ccncc2)C1. The van der Waals surface area contributed by atoms with Gasteiger partial charge in [-0.15, -0.1) is 0 Å². The number of carbonyl (C=O) groups excluding carboxylic acids is 1. The number of aromatic nitrogens is 1. The van der Waals surface area contributed by atoms with Gasteiger partial charge in [-0.25, -0.2) is 0 Å². The topological polar surface area (TPSA) is 51.7 Å². The zero-order valence-corrected chi connectivity index (χ0v) is 12.9. The second-order valence-corrected chi connectivity index (χ2v) is 5.53. The van der Waals surface area contributed by atoms with Crippen molar-refractivity contribution in [2.75, 3.05) is 19.7 Å². The molecule has 0 saturated carbocycles. The Balaban J connectivity index is 1.41. The molecule has 23 heavy (non-hydrogen) atoms. The third kappa shape index (κ3) is 4.53. The number of benzene rings is 1. The number of nitrogens with zero attached hydrogens (tertiary/aromatic N) is 2. The van der Waals surface area contributed by atoms with Crippen molar-refractivity contribution in [3.05, 3.63) is 60.4 Å². The lowest BCUT2D eigenvalue weighted by atomic mass is 10.2. The monoisotopic (exact) mass is 312 g/mol. The summed E-state index contributed by atoms with van der Waals surface area (Å²) in [6.07, 6.45) is 4.28. The lowest BCUT2D eigenvalue weighted by Crippen LogP contribution is -2.33. The van der Waals surface area contributed by atoms with Crippen LogP contribution in [0.15, 0.2) is 54.9 Å². The molecule has 3 rings (SSSR count). The molecule has 2 aromatic rings. The van der Waals surface area contributed by atoms with E-state index in [-0.39, 0.29) is 18.6 Å². The standard InChI is InChI=1S/C18H20N2O3/c21-18(14-22-13-15-4-2-1-3-5-15)20-11-8-17(12-20)23-16-6-9-19-10-7-16/h1-7,9-10,17H,8,11-14H2. The molecule has 1 unspecified atom stereocenters. The van der Waals surface area contributed by atoms with Gasteiger partial charge in [0.2, 0.25) is 5.91 Å². The lowest BCUT2D eigenvalue weighted by molar-refractivity contribution is -0.135. The summed E-state index contributed by atoms with van der Waals surface area (Å²) in [5.41, 5.74) is 1.07. The number of likely N-dealkylation sites (tertiary alicyclic amines) is 1. The van der Waals surface area contributed by atoms with Crippen molar-refractivity contribution in [1.29, 1.82) is 0 Å². The Bertz CT molecular complexity index is 619. The quantitative estimate of drug-likeness (QED) is 0.821. The molecule has 1 aliphatic heterocycles. The van der Waals surface area contributed by atoms with E-state index in [0.717, 1.165) is 17.7 Å². The van der Waals surface area contributed by atoms with Gasteiger partial charge in [-0.2, -0.15) is 0 Å². The number of amides is 1. The number of carbonyl (C=O) groups is 1. The Hall–Kier alpha value is -2.40. The van der Waals surface area contributed by atoms with Gasteiger partial charge in [0.1, 0.15) is 18.5 Å². The molecule has 120 valence electrons. The van der Waals surface area contributed by atoms with Gasteiger partial charge in [-0.3, -0.25) is 9.78 Å². The Morgan fingerprint density at radius 1 is 1.17 bits per heavy atom. The minimum absolute atomic E-state index is 0.0155. The third-order valence-corrected chi connectivity index (χ3v) is 3.79. The molecule has 0 aliphatic carbocycles. The van der Waals surface area contributed by atoms with Crippen molar-refractivity contribution in [2.24, 2.45) is 0 Å². The van der Waals surface area contributed by atoms with E-state index in [2.05, 4.69) is 4.98 Å². The first-order valence-electron chi connectivity index (χ1n) is 7.77. The van der Waals surface area contributed by atoms with E-state index in [0.29, 0.717) is 19.7 Å². The van der Waals surface area contributed by atoms with Gasteiger partial charge >= 0.3 is 0 Å². The fourth-order valence-corrected chi connectivity index (χ4v) is 2.58. The average Bonchev–Trinajstić information content (AvgIpc) is 3.05. The molecule has 1 saturated heterocycles. The van der Waals surface area contributed by atoms with Gasteiger partial charge in [-0.05, 0) is 17.7 Å². The highest BCUT2D eigenvalue weighted by Crippen LogP contribution is 2.17. The fraction of sp³-hybridized carbons (Fsp3) is 0.333. The predicted molar refractivity (Wildman–Crippen MR) is 85.9 cm³/mol. The van der Waals surface area contributed by atoms with Crippen molar-refractivity contribution in [1.82, 2.24) is 9.88 Å². The third-order valence-electron chi connectivity index (χ3n) is 3.79. The maximum absolute atomic E-state index is 12.2. The van der Waals surface area contributed by atoms with Crippen LogP contribution in [-0.4, -0.2) is 41.6 Å². The van der Waals surface area contributed by atoms with Gasteiger partial charge in [0.25, 0.3) is 0 Å². The molecule has 1 aromatic carbocycles. The normalized spacial score (nSPS) is 17.2. The zero-order chi connectivity index (χ0) is 15.9. The Kier molecular flexibility index (Phi) is 5.21. The lowest BCUT2D eigenvalue weighted by Gasteiger charge is -2.17.